The van der Waals surface area contributed by atoms with Crippen LogP contribution in [0.3, 0.4) is 0 Å². The van der Waals surface area contributed by atoms with E-state index in [0.717, 1.165) is 11.1 Å². The van der Waals surface area contributed by atoms with Gasteiger partial charge >= 0.3 is 5.97 Å². The third kappa shape index (κ3) is 7.91. The van der Waals surface area contributed by atoms with Gasteiger partial charge < -0.3 is 21.5 Å². The fraction of sp³-hybridized carbons (Fsp3) is 0.609. The molecule has 0 saturated heterocycles. The standard InChI is InChI=1S/C23H36N4O4S2/c1-14(2)19(26-21(28)17(24)13-32)12-27-11-16-7-5-4-6-15(16)10-20(27)22(29)25-18(23(30)31)8-9-33-3/h4-7,14,17-20,32H,8-13,24H2,1-3H3,(H,25,29)(H,26,28)(H,30,31)/t17-,18-,19-,20-/m0/s1. The molecule has 5 N–H and O–H groups in total. The van der Waals surface area contributed by atoms with Crippen LogP contribution in [0, 0.1) is 5.92 Å². The van der Waals surface area contributed by atoms with E-state index in [0.29, 0.717) is 31.7 Å². The molecular formula is C23H36N4O4S2. The molecule has 0 unspecified atom stereocenters. The van der Waals surface area contributed by atoms with Crippen molar-refractivity contribution in [2.24, 2.45) is 11.7 Å². The molecule has 4 atom stereocenters. The molecule has 8 nitrogen and oxygen atoms in total. The van der Waals surface area contributed by atoms with Gasteiger partial charge in [-0.25, -0.2) is 4.79 Å². The molecule has 1 aromatic rings. The number of carboxylic acids is 1. The molecule has 2 amide bonds. The van der Waals surface area contributed by atoms with Crippen LogP contribution in [0.1, 0.15) is 31.4 Å². The number of benzene rings is 1. The number of rotatable bonds is 12. The van der Waals surface area contributed by atoms with E-state index < -0.39 is 24.1 Å². The first kappa shape index (κ1) is 27.5. The van der Waals surface area contributed by atoms with E-state index in [4.69, 9.17) is 5.73 Å². The molecule has 0 spiro atoms. The SMILES string of the molecule is CSCC[C@H](NC(=O)[C@@H]1Cc2ccccc2CN1C[C@H](NC(=O)[C@@H](N)CS)C(C)C)C(=O)O. The van der Waals surface area contributed by atoms with E-state index in [1.165, 1.54) is 0 Å². The Bertz CT molecular complexity index is 823. The Morgan fingerprint density at radius 3 is 2.48 bits per heavy atom. The summed E-state index contributed by atoms with van der Waals surface area (Å²) in [7, 11) is 0. The highest BCUT2D eigenvalue weighted by molar-refractivity contribution is 7.98. The minimum absolute atomic E-state index is 0.107. The predicted octanol–water partition coefficient (Wildman–Crippen LogP) is 1.13. The Hall–Kier alpha value is -1.75. The van der Waals surface area contributed by atoms with Crippen LogP contribution in [0.5, 0.6) is 0 Å². The number of fused-ring (bicyclic) bond motifs is 1. The number of aliphatic carboxylic acids is 1. The van der Waals surface area contributed by atoms with E-state index in [1.807, 2.05) is 49.3 Å². The first-order valence-corrected chi connectivity index (χ1v) is 13.2. The molecule has 10 heteroatoms. The normalized spacial score (nSPS) is 18.8. The van der Waals surface area contributed by atoms with Gasteiger partial charge in [-0.3, -0.25) is 14.5 Å². The fourth-order valence-corrected chi connectivity index (χ4v) is 4.47. The van der Waals surface area contributed by atoms with Crippen molar-refractivity contribution in [2.75, 3.05) is 24.3 Å². The molecule has 0 bridgehead atoms. The Morgan fingerprint density at radius 1 is 1.24 bits per heavy atom. The maximum Gasteiger partial charge on any atom is 0.326 e. The number of thioether (sulfide) groups is 1. The highest BCUT2D eigenvalue weighted by Gasteiger charge is 2.35. The average Bonchev–Trinajstić information content (AvgIpc) is 2.79. The minimum Gasteiger partial charge on any atom is -0.480 e. The third-order valence-corrected chi connectivity index (χ3v) is 7.01. The number of carbonyl (C=O) groups excluding carboxylic acids is 2. The summed E-state index contributed by atoms with van der Waals surface area (Å²) in [5.41, 5.74) is 8.04. The lowest BCUT2D eigenvalue weighted by atomic mass is 9.91. The zero-order valence-electron chi connectivity index (χ0n) is 19.5. The van der Waals surface area contributed by atoms with Crippen molar-refractivity contribution in [1.82, 2.24) is 15.5 Å². The molecule has 1 aliphatic heterocycles. The Kier molecular flexibility index (Phi) is 11.0. The molecular weight excluding hydrogens is 460 g/mol. The van der Waals surface area contributed by atoms with Gasteiger partial charge in [-0.05, 0) is 41.9 Å². The van der Waals surface area contributed by atoms with Crippen molar-refractivity contribution in [1.29, 1.82) is 0 Å². The van der Waals surface area contributed by atoms with E-state index in [2.05, 4.69) is 23.3 Å². The quantitative estimate of drug-likeness (QED) is 0.275. The van der Waals surface area contributed by atoms with Crippen molar-refractivity contribution < 1.29 is 19.5 Å². The number of amides is 2. The summed E-state index contributed by atoms with van der Waals surface area (Å²) < 4.78 is 0. The molecule has 0 saturated carbocycles. The van der Waals surface area contributed by atoms with Crippen LogP contribution in [0.2, 0.25) is 0 Å². The zero-order chi connectivity index (χ0) is 24.5. The number of hydrogen-bond acceptors (Lipinski definition) is 7. The summed E-state index contributed by atoms with van der Waals surface area (Å²) in [6.45, 7) is 4.99. The summed E-state index contributed by atoms with van der Waals surface area (Å²) in [4.78, 5) is 39.4. The van der Waals surface area contributed by atoms with Crippen molar-refractivity contribution in [2.45, 2.75) is 57.4 Å². The smallest absolute Gasteiger partial charge is 0.326 e. The average molecular weight is 497 g/mol. The van der Waals surface area contributed by atoms with Gasteiger partial charge in [-0.1, -0.05) is 38.1 Å². The van der Waals surface area contributed by atoms with Gasteiger partial charge in [0.25, 0.3) is 0 Å². The summed E-state index contributed by atoms with van der Waals surface area (Å²) >= 11 is 5.65. The Labute approximate surface area is 205 Å². The summed E-state index contributed by atoms with van der Waals surface area (Å²) in [5.74, 6) is -0.625. The van der Waals surface area contributed by atoms with E-state index >= 15 is 0 Å². The second kappa shape index (κ2) is 13.2. The topological polar surface area (TPSA) is 125 Å². The van der Waals surface area contributed by atoms with Gasteiger partial charge in [0.2, 0.25) is 11.8 Å². The summed E-state index contributed by atoms with van der Waals surface area (Å²) in [6, 6.07) is 5.55. The number of nitrogens with one attached hydrogen (secondary N) is 2. The fourth-order valence-electron chi connectivity index (χ4n) is 3.84. The number of nitrogens with two attached hydrogens (primary N) is 1. The molecule has 0 aliphatic carbocycles. The predicted molar refractivity (Wildman–Crippen MR) is 136 cm³/mol. The maximum atomic E-state index is 13.3. The second-order valence-electron chi connectivity index (χ2n) is 8.75. The third-order valence-electron chi connectivity index (χ3n) is 5.97. The van der Waals surface area contributed by atoms with Gasteiger partial charge in [0, 0.05) is 24.9 Å². The highest BCUT2D eigenvalue weighted by atomic mass is 32.2. The monoisotopic (exact) mass is 496 g/mol. The van der Waals surface area contributed by atoms with Crippen molar-refractivity contribution in [3.63, 3.8) is 0 Å². The van der Waals surface area contributed by atoms with Crippen molar-refractivity contribution >= 4 is 42.2 Å². The molecule has 33 heavy (non-hydrogen) atoms. The first-order valence-electron chi connectivity index (χ1n) is 11.2. The lowest BCUT2D eigenvalue weighted by Crippen LogP contribution is -2.58. The molecule has 0 aromatic heterocycles. The molecule has 1 aliphatic rings. The number of hydrogen-bond donors (Lipinski definition) is 5. The van der Waals surface area contributed by atoms with Crippen molar-refractivity contribution in [3.8, 4) is 0 Å². The highest BCUT2D eigenvalue weighted by Crippen LogP contribution is 2.25. The Morgan fingerprint density at radius 2 is 1.91 bits per heavy atom. The largest absolute Gasteiger partial charge is 0.480 e. The molecule has 1 heterocycles. The molecule has 184 valence electrons. The van der Waals surface area contributed by atoms with Gasteiger partial charge in [-0.2, -0.15) is 24.4 Å². The van der Waals surface area contributed by atoms with Gasteiger partial charge in [-0.15, -0.1) is 0 Å². The number of carbonyl (C=O) groups is 3. The second-order valence-corrected chi connectivity index (χ2v) is 10.1. The lowest BCUT2D eigenvalue weighted by Gasteiger charge is -2.39. The maximum absolute atomic E-state index is 13.3. The molecule has 0 radical (unpaired) electrons. The summed E-state index contributed by atoms with van der Waals surface area (Å²) in [5, 5.41) is 15.3. The van der Waals surface area contributed by atoms with E-state index in [-0.39, 0.29) is 29.5 Å². The number of nitrogens with zero attached hydrogens (tertiary/aromatic N) is 1. The number of thiol groups is 1. The zero-order valence-corrected chi connectivity index (χ0v) is 21.2. The first-order chi connectivity index (χ1) is 15.7. The van der Waals surface area contributed by atoms with Crippen LogP contribution < -0.4 is 16.4 Å². The van der Waals surface area contributed by atoms with Gasteiger partial charge in [0.15, 0.2) is 0 Å². The van der Waals surface area contributed by atoms with Gasteiger partial charge in [0.1, 0.15) is 6.04 Å². The van der Waals surface area contributed by atoms with Crippen molar-refractivity contribution in [3.05, 3.63) is 35.4 Å². The molecule has 1 aromatic carbocycles. The van der Waals surface area contributed by atoms with Crippen LogP contribution in [0.15, 0.2) is 24.3 Å². The van der Waals surface area contributed by atoms with E-state index in [9.17, 15) is 19.5 Å². The number of carboxylic acid groups (broad SMARTS) is 1. The van der Waals surface area contributed by atoms with Crippen LogP contribution in [0.25, 0.3) is 0 Å². The van der Waals surface area contributed by atoms with Crippen LogP contribution in [-0.2, 0) is 27.3 Å². The molecule has 2 rings (SSSR count). The van der Waals surface area contributed by atoms with Crippen LogP contribution >= 0.6 is 24.4 Å². The van der Waals surface area contributed by atoms with E-state index in [1.54, 1.807) is 11.8 Å². The van der Waals surface area contributed by atoms with Crippen LogP contribution in [0.4, 0.5) is 0 Å². The Balaban J connectivity index is 2.24. The molecule has 0 fully saturated rings. The lowest BCUT2D eigenvalue weighted by molar-refractivity contribution is -0.143. The van der Waals surface area contributed by atoms with Gasteiger partial charge in [0.05, 0.1) is 12.1 Å². The minimum atomic E-state index is -1.03. The summed E-state index contributed by atoms with van der Waals surface area (Å²) in [6.07, 6.45) is 2.74. The van der Waals surface area contributed by atoms with Crippen LogP contribution in [-0.4, -0.2) is 76.3 Å².